The monoisotopic (exact) mass is 324 g/mol. The average molecular weight is 325 g/mol. The van der Waals surface area contributed by atoms with Gasteiger partial charge in [-0.15, -0.1) is 0 Å². The molecule has 1 aromatic heterocycles. The van der Waals surface area contributed by atoms with Gasteiger partial charge in [0.2, 0.25) is 0 Å². The minimum Gasteiger partial charge on any atom is -0.494 e. The van der Waals surface area contributed by atoms with E-state index >= 15 is 0 Å². The molecule has 0 saturated carbocycles. The lowest BCUT2D eigenvalue weighted by Crippen LogP contribution is -2.13. The van der Waals surface area contributed by atoms with Crippen molar-refractivity contribution >= 4 is 15.9 Å². The third-order valence-electron chi connectivity index (χ3n) is 2.82. The van der Waals surface area contributed by atoms with Crippen molar-refractivity contribution in [1.29, 1.82) is 0 Å². The summed E-state index contributed by atoms with van der Waals surface area (Å²) in [5.41, 5.74) is 7.82. The molecule has 0 radical (unpaired) electrons. The number of halogens is 2. The van der Waals surface area contributed by atoms with Crippen molar-refractivity contribution in [2.75, 3.05) is 7.11 Å². The maximum Gasteiger partial charge on any atom is 0.165 e. The SMILES string of the molecule is COc1ccc(C(N)Cc2cncc(Br)c2)cc1F. The van der Waals surface area contributed by atoms with Crippen LogP contribution in [0.3, 0.4) is 0 Å². The summed E-state index contributed by atoms with van der Waals surface area (Å²) >= 11 is 3.36. The molecular formula is C14H14BrFN2O. The zero-order valence-electron chi connectivity index (χ0n) is 10.4. The van der Waals surface area contributed by atoms with Crippen LogP contribution in [0.5, 0.6) is 5.75 Å². The Morgan fingerprint density at radius 2 is 2.16 bits per heavy atom. The molecule has 100 valence electrons. The molecule has 0 spiro atoms. The van der Waals surface area contributed by atoms with Crippen LogP contribution in [0.15, 0.2) is 41.1 Å². The fourth-order valence-electron chi connectivity index (χ4n) is 1.85. The van der Waals surface area contributed by atoms with E-state index in [9.17, 15) is 4.39 Å². The highest BCUT2D eigenvalue weighted by Gasteiger charge is 2.11. The van der Waals surface area contributed by atoms with Crippen LogP contribution in [0.1, 0.15) is 17.2 Å². The molecule has 1 aromatic carbocycles. The highest BCUT2D eigenvalue weighted by molar-refractivity contribution is 9.10. The van der Waals surface area contributed by atoms with E-state index in [-0.39, 0.29) is 11.8 Å². The molecule has 0 bridgehead atoms. The average Bonchev–Trinajstić information content (AvgIpc) is 2.38. The van der Waals surface area contributed by atoms with Crippen LogP contribution in [0.4, 0.5) is 4.39 Å². The van der Waals surface area contributed by atoms with Crippen molar-refractivity contribution in [2.24, 2.45) is 5.73 Å². The largest absolute Gasteiger partial charge is 0.494 e. The Hall–Kier alpha value is -1.46. The summed E-state index contributed by atoms with van der Waals surface area (Å²) in [6.07, 6.45) is 4.06. The number of aromatic nitrogens is 1. The first-order valence-corrected chi connectivity index (χ1v) is 6.58. The molecule has 2 N–H and O–H groups in total. The van der Waals surface area contributed by atoms with Gasteiger partial charge in [-0.1, -0.05) is 6.07 Å². The van der Waals surface area contributed by atoms with Crippen molar-refractivity contribution in [2.45, 2.75) is 12.5 Å². The maximum atomic E-state index is 13.6. The standard InChI is InChI=1S/C14H14BrFN2O/c1-19-14-3-2-10(6-12(14)16)13(17)5-9-4-11(15)8-18-7-9/h2-4,6-8,13H,5,17H2,1H3. The van der Waals surface area contributed by atoms with E-state index in [1.165, 1.54) is 13.2 Å². The van der Waals surface area contributed by atoms with E-state index < -0.39 is 5.82 Å². The van der Waals surface area contributed by atoms with Gasteiger partial charge in [-0.3, -0.25) is 4.98 Å². The van der Waals surface area contributed by atoms with Gasteiger partial charge in [0.25, 0.3) is 0 Å². The van der Waals surface area contributed by atoms with E-state index in [0.717, 1.165) is 15.6 Å². The van der Waals surface area contributed by atoms with Crippen LogP contribution in [0.2, 0.25) is 0 Å². The molecule has 1 atom stereocenters. The summed E-state index contributed by atoms with van der Waals surface area (Å²) in [5.74, 6) is -0.178. The summed E-state index contributed by atoms with van der Waals surface area (Å²) in [4.78, 5) is 4.08. The topological polar surface area (TPSA) is 48.1 Å². The Balaban J connectivity index is 2.15. The van der Waals surface area contributed by atoms with Gasteiger partial charge in [-0.25, -0.2) is 4.39 Å². The number of ether oxygens (including phenoxy) is 1. The van der Waals surface area contributed by atoms with E-state index in [0.29, 0.717) is 6.42 Å². The Bertz CT molecular complexity index is 577. The zero-order valence-corrected chi connectivity index (χ0v) is 12.0. The Morgan fingerprint density at radius 3 is 2.79 bits per heavy atom. The third-order valence-corrected chi connectivity index (χ3v) is 3.25. The fourth-order valence-corrected chi connectivity index (χ4v) is 2.26. The lowest BCUT2D eigenvalue weighted by molar-refractivity contribution is 0.386. The van der Waals surface area contributed by atoms with E-state index in [1.807, 2.05) is 6.07 Å². The van der Waals surface area contributed by atoms with Gasteiger partial charge in [0.05, 0.1) is 7.11 Å². The molecular weight excluding hydrogens is 311 g/mol. The van der Waals surface area contributed by atoms with Gasteiger partial charge in [-0.05, 0) is 51.7 Å². The predicted octanol–water partition coefficient (Wildman–Crippen LogP) is 3.23. The maximum absolute atomic E-state index is 13.6. The van der Waals surface area contributed by atoms with Crippen molar-refractivity contribution in [3.05, 3.63) is 58.1 Å². The van der Waals surface area contributed by atoms with Crippen LogP contribution >= 0.6 is 15.9 Å². The molecule has 0 saturated heterocycles. The van der Waals surface area contributed by atoms with Crippen molar-refractivity contribution in [3.63, 3.8) is 0 Å². The minimum atomic E-state index is -0.400. The normalized spacial score (nSPS) is 12.2. The van der Waals surface area contributed by atoms with Gasteiger partial charge < -0.3 is 10.5 Å². The molecule has 0 fully saturated rings. The molecule has 0 amide bonds. The number of hydrogen-bond acceptors (Lipinski definition) is 3. The van der Waals surface area contributed by atoms with E-state index in [2.05, 4.69) is 20.9 Å². The second-order valence-electron chi connectivity index (χ2n) is 4.22. The molecule has 0 aliphatic carbocycles. The number of hydrogen-bond donors (Lipinski definition) is 1. The smallest absolute Gasteiger partial charge is 0.165 e. The van der Waals surface area contributed by atoms with E-state index in [1.54, 1.807) is 24.5 Å². The van der Waals surface area contributed by atoms with E-state index in [4.69, 9.17) is 10.5 Å². The molecule has 5 heteroatoms. The first-order valence-electron chi connectivity index (χ1n) is 5.78. The number of benzene rings is 1. The summed E-state index contributed by atoms with van der Waals surface area (Å²) in [5, 5.41) is 0. The Kier molecular flexibility index (Phi) is 4.50. The van der Waals surface area contributed by atoms with Crippen LogP contribution in [0, 0.1) is 5.82 Å². The first kappa shape index (κ1) is 14.0. The third kappa shape index (κ3) is 3.52. The molecule has 19 heavy (non-hydrogen) atoms. The second kappa shape index (κ2) is 6.12. The highest BCUT2D eigenvalue weighted by atomic mass is 79.9. The van der Waals surface area contributed by atoms with Crippen LogP contribution in [0.25, 0.3) is 0 Å². The molecule has 1 unspecified atom stereocenters. The van der Waals surface area contributed by atoms with Gasteiger partial charge in [-0.2, -0.15) is 0 Å². The summed E-state index contributed by atoms with van der Waals surface area (Å²) in [7, 11) is 1.44. The Morgan fingerprint density at radius 1 is 1.37 bits per heavy atom. The number of nitrogens with two attached hydrogens (primary N) is 1. The highest BCUT2D eigenvalue weighted by Crippen LogP contribution is 2.23. The molecule has 3 nitrogen and oxygen atoms in total. The van der Waals surface area contributed by atoms with Gasteiger partial charge in [0.15, 0.2) is 11.6 Å². The number of nitrogens with zero attached hydrogens (tertiary/aromatic N) is 1. The minimum absolute atomic E-state index is 0.222. The lowest BCUT2D eigenvalue weighted by Gasteiger charge is -2.13. The first-order chi connectivity index (χ1) is 9.10. The molecule has 1 heterocycles. The van der Waals surface area contributed by atoms with Crippen molar-refractivity contribution < 1.29 is 9.13 Å². The molecule has 0 aliphatic heterocycles. The summed E-state index contributed by atoms with van der Waals surface area (Å²) in [6, 6.07) is 6.44. The quantitative estimate of drug-likeness (QED) is 0.939. The second-order valence-corrected chi connectivity index (χ2v) is 5.13. The van der Waals surface area contributed by atoms with Gasteiger partial charge in [0.1, 0.15) is 0 Å². The molecule has 2 rings (SSSR count). The number of methoxy groups -OCH3 is 1. The number of rotatable bonds is 4. The van der Waals surface area contributed by atoms with Gasteiger partial charge >= 0.3 is 0 Å². The lowest BCUT2D eigenvalue weighted by atomic mass is 10.0. The Labute approximate surface area is 119 Å². The molecule has 2 aromatic rings. The van der Waals surface area contributed by atoms with Crippen LogP contribution in [-0.2, 0) is 6.42 Å². The summed E-state index contributed by atoms with van der Waals surface area (Å²) in [6.45, 7) is 0. The summed E-state index contributed by atoms with van der Waals surface area (Å²) < 4.78 is 19.4. The van der Waals surface area contributed by atoms with Crippen molar-refractivity contribution in [3.8, 4) is 5.75 Å². The fraction of sp³-hybridized carbons (Fsp3) is 0.214. The van der Waals surface area contributed by atoms with Gasteiger partial charge in [0, 0.05) is 22.9 Å². The predicted molar refractivity (Wildman–Crippen MR) is 75.5 cm³/mol. The van der Waals surface area contributed by atoms with Crippen molar-refractivity contribution in [1.82, 2.24) is 4.98 Å². The zero-order chi connectivity index (χ0) is 13.8. The number of pyridine rings is 1. The molecule has 0 aliphatic rings. The van der Waals surface area contributed by atoms with Crippen LogP contribution in [-0.4, -0.2) is 12.1 Å². The van der Waals surface area contributed by atoms with Crippen LogP contribution < -0.4 is 10.5 Å².